The van der Waals surface area contributed by atoms with Gasteiger partial charge in [-0.2, -0.15) is 5.57 Å². The first-order valence-corrected chi connectivity index (χ1v) is 8.81. The van der Waals surface area contributed by atoms with Gasteiger partial charge in [0.2, 0.25) is 0 Å². The first kappa shape index (κ1) is 29.7. The van der Waals surface area contributed by atoms with Gasteiger partial charge in [-0.05, 0) is 30.4 Å². The van der Waals surface area contributed by atoms with Gasteiger partial charge in [0.25, 0.3) is 0 Å². The largest absolute Gasteiger partial charge is 4.00 e. The van der Waals surface area contributed by atoms with E-state index in [0.29, 0.717) is 5.92 Å². The molecule has 0 nitrogen and oxygen atoms in total. The van der Waals surface area contributed by atoms with Crippen molar-refractivity contribution in [2.24, 2.45) is 5.41 Å². The van der Waals surface area contributed by atoms with Crippen molar-refractivity contribution in [2.75, 3.05) is 0 Å². The van der Waals surface area contributed by atoms with Crippen LogP contribution in [-0.4, -0.2) is 0 Å². The van der Waals surface area contributed by atoms with E-state index in [1.54, 1.807) is 0 Å². The normalized spacial score (nSPS) is 12.6. The van der Waals surface area contributed by atoms with Crippen molar-refractivity contribution in [3.8, 4) is 0 Å². The minimum absolute atomic E-state index is 0. The molecule has 0 heterocycles. The third kappa shape index (κ3) is 7.08. The Bertz CT molecular complexity index is 771. The third-order valence-electron chi connectivity index (χ3n) is 4.73. The standard InChI is InChI=1S/C24H27.3ClH.Ti/c1-17-8-6-10-19(14-17)23(20-11-7-9-18(2)15-20)21-12-13-22(16-21)24(3,4)5;;;;/h6-11,13-15,23H,12H2,1-5H3;3*1H;/q-1;;;;+4/p-3. The number of aryl methyl sites for hydroxylation is 2. The number of hydrogen-bond donors (Lipinski definition) is 0. The maximum atomic E-state index is 3.74. The van der Waals surface area contributed by atoms with Gasteiger partial charge in [-0.1, -0.05) is 86.8 Å². The van der Waals surface area contributed by atoms with Crippen molar-refractivity contribution in [3.63, 3.8) is 0 Å². The zero-order valence-corrected chi connectivity index (χ0v) is 20.9. The number of benzene rings is 2. The second-order valence-electron chi connectivity index (χ2n) is 7.98. The van der Waals surface area contributed by atoms with Crippen LogP contribution in [0.3, 0.4) is 0 Å². The minimum atomic E-state index is 0. The van der Waals surface area contributed by atoms with Crippen LogP contribution in [-0.2, 0) is 21.7 Å². The maximum absolute atomic E-state index is 3.74. The van der Waals surface area contributed by atoms with Crippen molar-refractivity contribution in [2.45, 2.75) is 47.0 Å². The molecule has 0 spiro atoms. The summed E-state index contributed by atoms with van der Waals surface area (Å²) in [5, 5.41) is 0. The summed E-state index contributed by atoms with van der Waals surface area (Å²) < 4.78 is 0. The van der Waals surface area contributed by atoms with Gasteiger partial charge in [-0.15, -0.1) is 0 Å². The molecule has 0 saturated heterocycles. The Morgan fingerprint density at radius 3 is 1.64 bits per heavy atom. The van der Waals surface area contributed by atoms with E-state index in [1.807, 2.05) is 0 Å². The Hall–Kier alpha value is -0.496. The van der Waals surface area contributed by atoms with Crippen LogP contribution in [0, 0.1) is 25.3 Å². The number of hydrogen-bond acceptors (Lipinski definition) is 0. The molecule has 0 bridgehead atoms. The Morgan fingerprint density at radius 1 is 0.821 bits per heavy atom. The van der Waals surface area contributed by atoms with Crippen LogP contribution in [0.15, 0.2) is 65.8 Å². The summed E-state index contributed by atoms with van der Waals surface area (Å²) in [6.45, 7) is 11.1. The monoisotopic (exact) mass is 468 g/mol. The molecule has 148 valence electrons. The van der Waals surface area contributed by atoms with E-state index in [-0.39, 0.29) is 64.4 Å². The molecule has 0 amide bonds. The maximum Gasteiger partial charge on any atom is 4.00 e. The van der Waals surface area contributed by atoms with Crippen LogP contribution in [0.2, 0.25) is 0 Å². The summed E-state index contributed by atoms with van der Waals surface area (Å²) >= 11 is 0. The van der Waals surface area contributed by atoms with Crippen molar-refractivity contribution in [3.05, 3.63) is 94.1 Å². The van der Waals surface area contributed by atoms with Crippen molar-refractivity contribution < 1.29 is 58.9 Å². The molecule has 0 aliphatic heterocycles. The van der Waals surface area contributed by atoms with Gasteiger partial charge in [-0.3, -0.25) is 0 Å². The fourth-order valence-electron chi connectivity index (χ4n) is 3.46. The van der Waals surface area contributed by atoms with Gasteiger partial charge in [0, 0.05) is 5.92 Å². The first-order valence-electron chi connectivity index (χ1n) is 8.81. The van der Waals surface area contributed by atoms with Crippen LogP contribution in [0.5, 0.6) is 0 Å². The number of rotatable bonds is 3. The molecule has 28 heavy (non-hydrogen) atoms. The third-order valence-corrected chi connectivity index (χ3v) is 4.73. The van der Waals surface area contributed by atoms with Crippen LogP contribution < -0.4 is 37.2 Å². The molecule has 0 aromatic heterocycles. The van der Waals surface area contributed by atoms with Crippen molar-refractivity contribution in [1.82, 2.24) is 0 Å². The SMILES string of the molecule is Cc1cccc(C(C2=[C-]C(C(C)(C)C)=CC2)c2cccc(C)c2)c1.[Cl-].[Cl-].[Cl-].[Ti+4]. The topological polar surface area (TPSA) is 0 Å². The first-order chi connectivity index (χ1) is 11.3. The van der Waals surface area contributed by atoms with E-state index in [9.17, 15) is 0 Å². The van der Waals surface area contributed by atoms with Crippen LogP contribution >= 0.6 is 0 Å². The second kappa shape index (κ2) is 12.3. The Morgan fingerprint density at radius 2 is 1.29 bits per heavy atom. The zero-order chi connectivity index (χ0) is 17.3. The molecular weight excluding hydrogens is 442 g/mol. The molecule has 3 rings (SSSR count). The van der Waals surface area contributed by atoms with Gasteiger partial charge in [-0.25, -0.2) is 17.7 Å². The molecule has 0 N–H and O–H groups in total. The van der Waals surface area contributed by atoms with Gasteiger partial charge in [0.15, 0.2) is 0 Å². The van der Waals surface area contributed by atoms with E-state index in [2.05, 4.69) is 95.3 Å². The molecule has 0 radical (unpaired) electrons. The summed E-state index contributed by atoms with van der Waals surface area (Å²) in [4.78, 5) is 0. The molecular formula is C24H27Cl3Ti. The van der Waals surface area contributed by atoms with E-state index >= 15 is 0 Å². The Balaban J connectivity index is 0. The number of allylic oxidation sites excluding steroid dienone is 4. The zero-order valence-electron chi connectivity index (χ0n) is 17.1. The summed E-state index contributed by atoms with van der Waals surface area (Å²) in [6.07, 6.45) is 7.10. The average Bonchev–Trinajstić information content (AvgIpc) is 2.97. The molecule has 1 aliphatic carbocycles. The summed E-state index contributed by atoms with van der Waals surface area (Å²) in [5.74, 6) is 0.292. The fraction of sp³-hybridized carbons (Fsp3) is 0.333. The average molecular weight is 470 g/mol. The molecule has 2 aromatic rings. The molecule has 2 aromatic carbocycles. The predicted octanol–water partition coefficient (Wildman–Crippen LogP) is -2.45. The van der Waals surface area contributed by atoms with Gasteiger partial charge in [0.1, 0.15) is 0 Å². The molecule has 1 aliphatic rings. The van der Waals surface area contributed by atoms with E-state index in [4.69, 9.17) is 0 Å². The van der Waals surface area contributed by atoms with E-state index < -0.39 is 0 Å². The Kier molecular flexibility index (Phi) is 13.0. The molecule has 0 unspecified atom stereocenters. The quantitative estimate of drug-likeness (QED) is 0.346. The smallest absolute Gasteiger partial charge is 1.00 e. The second-order valence-corrected chi connectivity index (χ2v) is 7.98. The van der Waals surface area contributed by atoms with Gasteiger partial charge >= 0.3 is 21.7 Å². The molecule has 0 atom stereocenters. The van der Waals surface area contributed by atoms with Crippen molar-refractivity contribution in [1.29, 1.82) is 0 Å². The van der Waals surface area contributed by atoms with Gasteiger partial charge < -0.3 is 37.2 Å². The van der Waals surface area contributed by atoms with Crippen molar-refractivity contribution >= 4 is 0 Å². The number of halogens is 3. The van der Waals surface area contributed by atoms with Crippen LogP contribution in [0.25, 0.3) is 0 Å². The summed E-state index contributed by atoms with van der Waals surface area (Å²) in [7, 11) is 0. The summed E-state index contributed by atoms with van der Waals surface area (Å²) in [5.41, 5.74) is 8.24. The molecule has 0 fully saturated rings. The molecule has 4 heteroatoms. The summed E-state index contributed by atoms with van der Waals surface area (Å²) in [6, 6.07) is 17.8. The predicted molar refractivity (Wildman–Crippen MR) is 103 cm³/mol. The van der Waals surface area contributed by atoms with Crippen LogP contribution in [0.4, 0.5) is 0 Å². The Labute approximate surface area is 204 Å². The minimum Gasteiger partial charge on any atom is -1.00 e. The van der Waals surface area contributed by atoms with Crippen LogP contribution in [0.1, 0.15) is 55.4 Å². The van der Waals surface area contributed by atoms with Gasteiger partial charge in [0.05, 0.1) is 0 Å². The van der Waals surface area contributed by atoms with E-state index in [0.717, 1.165) is 6.42 Å². The molecule has 0 saturated carbocycles. The fourth-order valence-corrected chi connectivity index (χ4v) is 3.46. The van der Waals surface area contributed by atoms with E-state index in [1.165, 1.54) is 33.4 Å².